The van der Waals surface area contributed by atoms with Gasteiger partial charge in [0, 0.05) is 32.4 Å². The van der Waals surface area contributed by atoms with Gasteiger partial charge in [-0.2, -0.15) is 0 Å². The molecule has 0 radical (unpaired) electrons. The fourth-order valence-electron chi connectivity index (χ4n) is 2.98. The fourth-order valence-corrected chi connectivity index (χ4v) is 2.98. The minimum absolute atomic E-state index is 0.0177. The van der Waals surface area contributed by atoms with Crippen molar-refractivity contribution in [2.75, 3.05) is 20.2 Å². The Labute approximate surface area is 131 Å². The number of amides is 2. The molecule has 1 saturated heterocycles. The first-order valence-corrected chi connectivity index (χ1v) is 8.35. The molecule has 1 aromatic heterocycles. The molecule has 1 saturated carbocycles. The van der Waals surface area contributed by atoms with Gasteiger partial charge in [-0.3, -0.25) is 0 Å². The first-order chi connectivity index (χ1) is 10.7. The van der Waals surface area contributed by atoms with Crippen molar-refractivity contribution in [3.05, 3.63) is 18.2 Å². The van der Waals surface area contributed by atoms with Crippen LogP contribution in [0, 0.1) is 0 Å². The Morgan fingerprint density at radius 2 is 2.36 bits per heavy atom. The summed E-state index contributed by atoms with van der Waals surface area (Å²) in [7, 11) is 1.85. The van der Waals surface area contributed by atoms with E-state index < -0.39 is 0 Å². The third-order valence-electron chi connectivity index (χ3n) is 4.50. The van der Waals surface area contributed by atoms with Crippen LogP contribution in [0.1, 0.15) is 50.3 Å². The minimum atomic E-state index is -0.0177. The summed E-state index contributed by atoms with van der Waals surface area (Å²) in [6.07, 6.45) is 10.9. The van der Waals surface area contributed by atoms with Gasteiger partial charge in [-0.25, -0.2) is 9.78 Å². The van der Waals surface area contributed by atoms with E-state index in [1.165, 1.54) is 25.7 Å². The van der Waals surface area contributed by atoms with E-state index in [0.29, 0.717) is 18.7 Å². The number of hydrogen-bond donors (Lipinski definition) is 1. The van der Waals surface area contributed by atoms with Crippen molar-refractivity contribution in [3.63, 3.8) is 0 Å². The van der Waals surface area contributed by atoms with Crippen LogP contribution in [0.5, 0.6) is 0 Å². The van der Waals surface area contributed by atoms with E-state index in [2.05, 4.69) is 14.9 Å². The summed E-state index contributed by atoms with van der Waals surface area (Å²) in [5.74, 6) is 0. The van der Waals surface area contributed by atoms with Gasteiger partial charge in [0.05, 0.1) is 24.7 Å². The number of urea groups is 1. The quantitative estimate of drug-likeness (QED) is 0.841. The predicted octanol–water partition coefficient (Wildman–Crippen LogP) is 2.32. The average Bonchev–Trinajstić information content (AvgIpc) is 3.03. The first kappa shape index (κ1) is 15.3. The van der Waals surface area contributed by atoms with Gasteiger partial charge in [-0.05, 0) is 38.5 Å². The van der Waals surface area contributed by atoms with Crippen LogP contribution in [0.3, 0.4) is 0 Å². The molecule has 0 unspecified atom stereocenters. The molecule has 3 rings (SSSR count). The fraction of sp³-hybridized carbons (Fsp3) is 0.750. The summed E-state index contributed by atoms with van der Waals surface area (Å²) in [5.41, 5.74) is 1.09. The molecule has 6 heteroatoms. The summed E-state index contributed by atoms with van der Waals surface area (Å²) in [4.78, 5) is 18.1. The average molecular weight is 306 g/mol. The molecule has 2 aliphatic rings. The van der Waals surface area contributed by atoms with Crippen LogP contribution in [0.15, 0.2) is 12.5 Å². The molecule has 1 aliphatic carbocycles. The van der Waals surface area contributed by atoms with Gasteiger partial charge in [0.15, 0.2) is 0 Å². The molecule has 122 valence electrons. The van der Waals surface area contributed by atoms with E-state index in [4.69, 9.17) is 4.74 Å². The van der Waals surface area contributed by atoms with Crippen molar-refractivity contribution in [3.8, 4) is 0 Å². The predicted molar refractivity (Wildman–Crippen MR) is 83.6 cm³/mol. The van der Waals surface area contributed by atoms with Gasteiger partial charge in [0.2, 0.25) is 0 Å². The number of rotatable bonds is 7. The maximum atomic E-state index is 12.1. The van der Waals surface area contributed by atoms with Gasteiger partial charge < -0.3 is 19.5 Å². The molecule has 22 heavy (non-hydrogen) atoms. The Hall–Kier alpha value is -1.56. The number of hydrogen-bond acceptors (Lipinski definition) is 3. The largest absolute Gasteiger partial charge is 0.378 e. The second-order valence-electron chi connectivity index (χ2n) is 6.38. The van der Waals surface area contributed by atoms with Crippen LogP contribution in [0.4, 0.5) is 4.79 Å². The molecule has 0 bridgehead atoms. The van der Waals surface area contributed by atoms with Crippen LogP contribution in [-0.2, 0) is 11.3 Å². The zero-order valence-electron chi connectivity index (χ0n) is 13.3. The topological polar surface area (TPSA) is 59.4 Å². The zero-order valence-corrected chi connectivity index (χ0v) is 13.3. The van der Waals surface area contributed by atoms with Crippen molar-refractivity contribution in [2.24, 2.45) is 0 Å². The Kier molecular flexibility index (Phi) is 4.97. The molecule has 1 aliphatic heterocycles. The van der Waals surface area contributed by atoms with E-state index in [1.807, 2.05) is 19.6 Å². The highest BCUT2D eigenvalue weighted by atomic mass is 16.5. The Morgan fingerprint density at radius 3 is 3.09 bits per heavy atom. The standard InChI is InChI=1S/C16H26N4O2/c1-19(8-2-4-15-5-3-9-22-15)16(21)18-11-14-10-17-12-20(14)13-6-7-13/h10,12-13,15H,2-9,11H2,1H3,(H,18,21)/t15-/m1/s1. The highest BCUT2D eigenvalue weighted by Crippen LogP contribution is 2.35. The number of nitrogens with zero attached hydrogens (tertiary/aromatic N) is 3. The number of imidazole rings is 1. The number of carbonyl (C=O) groups excluding carboxylic acids is 1. The lowest BCUT2D eigenvalue weighted by atomic mass is 10.1. The molecule has 6 nitrogen and oxygen atoms in total. The molecule has 2 heterocycles. The first-order valence-electron chi connectivity index (χ1n) is 8.35. The van der Waals surface area contributed by atoms with E-state index in [-0.39, 0.29) is 6.03 Å². The van der Waals surface area contributed by atoms with Gasteiger partial charge in [-0.1, -0.05) is 0 Å². The zero-order chi connectivity index (χ0) is 15.4. The monoisotopic (exact) mass is 306 g/mol. The number of aromatic nitrogens is 2. The summed E-state index contributed by atoms with van der Waals surface area (Å²) < 4.78 is 7.78. The number of carbonyl (C=O) groups is 1. The van der Waals surface area contributed by atoms with Crippen molar-refractivity contribution in [2.45, 2.75) is 57.2 Å². The lowest BCUT2D eigenvalue weighted by Crippen LogP contribution is -2.37. The van der Waals surface area contributed by atoms with Gasteiger partial charge in [0.1, 0.15) is 0 Å². The van der Waals surface area contributed by atoms with Crippen molar-refractivity contribution in [1.29, 1.82) is 0 Å². The molecule has 1 N–H and O–H groups in total. The third-order valence-corrected chi connectivity index (χ3v) is 4.50. The van der Waals surface area contributed by atoms with Crippen LogP contribution < -0.4 is 5.32 Å². The van der Waals surface area contributed by atoms with E-state index in [1.54, 1.807) is 4.90 Å². The normalized spacial score (nSPS) is 21.0. The van der Waals surface area contributed by atoms with Crippen LogP contribution in [-0.4, -0.2) is 46.8 Å². The Bertz CT molecular complexity index is 492. The number of ether oxygens (including phenoxy) is 1. The van der Waals surface area contributed by atoms with Crippen LogP contribution >= 0.6 is 0 Å². The Balaban J connectivity index is 1.36. The molecular weight excluding hydrogens is 280 g/mol. The number of nitrogens with one attached hydrogen (secondary N) is 1. The maximum Gasteiger partial charge on any atom is 0.317 e. The SMILES string of the molecule is CN(CCC[C@@H]1CCCO1)C(=O)NCc1cncn1C1CC1. The molecule has 1 aromatic rings. The second-order valence-corrected chi connectivity index (χ2v) is 6.38. The minimum Gasteiger partial charge on any atom is -0.378 e. The third kappa shape index (κ3) is 4.00. The van der Waals surface area contributed by atoms with E-state index in [0.717, 1.165) is 31.7 Å². The maximum absolute atomic E-state index is 12.1. The summed E-state index contributed by atoms with van der Waals surface area (Å²) in [5, 5.41) is 2.98. The van der Waals surface area contributed by atoms with Crippen molar-refractivity contribution < 1.29 is 9.53 Å². The molecule has 2 fully saturated rings. The van der Waals surface area contributed by atoms with Crippen LogP contribution in [0.2, 0.25) is 0 Å². The van der Waals surface area contributed by atoms with Crippen molar-refractivity contribution in [1.82, 2.24) is 19.8 Å². The highest BCUT2D eigenvalue weighted by molar-refractivity contribution is 5.73. The lowest BCUT2D eigenvalue weighted by molar-refractivity contribution is 0.100. The molecule has 1 atom stereocenters. The summed E-state index contributed by atoms with van der Waals surface area (Å²) in [6.45, 7) is 2.22. The molecule has 0 aromatic carbocycles. The van der Waals surface area contributed by atoms with E-state index in [9.17, 15) is 4.79 Å². The molecule has 2 amide bonds. The lowest BCUT2D eigenvalue weighted by Gasteiger charge is -2.19. The van der Waals surface area contributed by atoms with E-state index >= 15 is 0 Å². The molecule has 0 spiro atoms. The second kappa shape index (κ2) is 7.13. The van der Waals surface area contributed by atoms with Gasteiger partial charge >= 0.3 is 6.03 Å². The van der Waals surface area contributed by atoms with Crippen molar-refractivity contribution >= 4 is 6.03 Å². The summed E-state index contributed by atoms with van der Waals surface area (Å²) in [6, 6.07) is 0.578. The van der Waals surface area contributed by atoms with Gasteiger partial charge in [-0.15, -0.1) is 0 Å². The van der Waals surface area contributed by atoms with Gasteiger partial charge in [0.25, 0.3) is 0 Å². The summed E-state index contributed by atoms with van der Waals surface area (Å²) >= 11 is 0. The Morgan fingerprint density at radius 1 is 1.50 bits per heavy atom. The molecular formula is C16H26N4O2. The highest BCUT2D eigenvalue weighted by Gasteiger charge is 2.25. The smallest absolute Gasteiger partial charge is 0.317 e. The van der Waals surface area contributed by atoms with Crippen LogP contribution in [0.25, 0.3) is 0 Å².